The number of anilines is 1. The van der Waals surface area contributed by atoms with E-state index in [1.807, 2.05) is 10.6 Å². The van der Waals surface area contributed by atoms with Gasteiger partial charge in [-0.15, -0.1) is 0 Å². The first-order chi connectivity index (χ1) is 10.1. The first-order valence-corrected chi connectivity index (χ1v) is 7.19. The molecule has 0 aliphatic rings. The maximum absolute atomic E-state index is 13.5. The number of imidazole rings is 1. The van der Waals surface area contributed by atoms with Crippen molar-refractivity contribution in [1.82, 2.24) is 9.55 Å². The third kappa shape index (κ3) is 2.47. The van der Waals surface area contributed by atoms with Crippen molar-refractivity contribution in [3.05, 3.63) is 47.2 Å². The lowest BCUT2D eigenvalue weighted by Gasteiger charge is -2.09. The molecule has 2 N–H and O–H groups in total. The molecule has 3 rings (SSSR count). The van der Waals surface area contributed by atoms with E-state index in [0.29, 0.717) is 10.7 Å². The molecular weight excluding hydrogens is 289 g/mol. The number of nitrogens with zero attached hydrogens (tertiary/aromatic N) is 2. The molecule has 0 unspecified atom stereocenters. The lowest BCUT2D eigenvalue weighted by atomic mass is 10.2. The Kier molecular flexibility index (Phi) is 3.55. The van der Waals surface area contributed by atoms with Crippen molar-refractivity contribution in [2.45, 2.75) is 19.9 Å². The summed E-state index contributed by atoms with van der Waals surface area (Å²) in [5, 5.41) is 0.494. The van der Waals surface area contributed by atoms with E-state index < -0.39 is 0 Å². The highest BCUT2D eigenvalue weighted by Crippen LogP contribution is 2.29. The molecule has 3 nitrogen and oxygen atoms in total. The van der Waals surface area contributed by atoms with Crippen LogP contribution in [0.2, 0.25) is 5.02 Å². The molecule has 0 aliphatic carbocycles. The second kappa shape index (κ2) is 5.37. The molecule has 0 bridgehead atoms. The van der Waals surface area contributed by atoms with Crippen molar-refractivity contribution in [2.24, 2.45) is 0 Å². The fourth-order valence-electron chi connectivity index (χ4n) is 2.43. The third-order valence-corrected chi connectivity index (χ3v) is 3.74. The van der Waals surface area contributed by atoms with Gasteiger partial charge in [-0.1, -0.05) is 18.5 Å². The summed E-state index contributed by atoms with van der Waals surface area (Å²) in [5.41, 5.74) is 8.72. The summed E-state index contributed by atoms with van der Waals surface area (Å²) in [6.07, 6.45) is 0.928. The van der Waals surface area contributed by atoms with Gasteiger partial charge in [0.05, 0.1) is 21.7 Å². The number of hydrogen-bond acceptors (Lipinski definition) is 2. The topological polar surface area (TPSA) is 43.8 Å². The van der Waals surface area contributed by atoms with Crippen LogP contribution in [0.3, 0.4) is 0 Å². The standard InChI is InChI=1S/C16H15ClFN3/c1-2-7-21-15-9-11(18)4-6-14(15)20-16(21)10-3-5-13(19)12(17)8-10/h3-6,8-9H,2,7,19H2,1H3. The molecule has 0 atom stereocenters. The number of hydrogen-bond donors (Lipinski definition) is 1. The number of nitrogen functional groups attached to an aromatic ring is 1. The van der Waals surface area contributed by atoms with Gasteiger partial charge in [0.2, 0.25) is 0 Å². The largest absolute Gasteiger partial charge is 0.398 e. The Morgan fingerprint density at radius 2 is 2.05 bits per heavy atom. The number of fused-ring (bicyclic) bond motifs is 1. The Balaban J connectivity index is 2.25. The molecule has 0 saturated heterocycles. The van der Waals surface area contributed by atoms with E-state index in [1.165, 1.54) is 12.1 Å². The molecule has 0 saturated carbocycles. The van der Waals surface area contributed by atoms with Crippen LogP contribution in [0.15, 0.2) is 36.4 Å². The zero-order valence-corrected chi connectivity index (χ0v) is 12.4. The molecule has 0 amide bonds. The summed E-state index contributed by atoms with van der Waals surface area (Å²) in [4.78, 5) is 4.61. The maximum atomic E-state index is 13.5. The molecule has 0 radical (unpaired) electrons. The third-order valence-electron chi connectivity index (χ3n) is 3.42. The average molecular weight is 304 g/mol. The highest BCUT2D eigenvalue weighted by molar-refractivity contribution is 6.33. The van der Waals surface area contributed by atoms with Crippen LogP contribution in [0.25, 0.3) is 22.4 Å². The smallest absolute Gasteiger partial charge is 0.141 e. The Bertz CT molecular complexity index is 811. The van der Waals surface area contributed by atoms with E-state index >= 15 is 0 Å². The van der Waals surface area contributed by atoms with Crippen molar-refractivity contribution < 1.29 is 4.39 Å². The van der Waals surface area contributed by atoms with Crippen LogP contribution in [0.1, 0.15) is 13.3 Å². The molecule has 21 heavy (non-hydrogen) atoms. The summed E-state index contributed by atoms with van der Waals surface area (Å²) < 4.78 is 15.5. The van der Waals surface area contributed by atoms with Crippen LogP contribution in [-0.2, 0) is 6.54 Å². The zero-order chi connectivity index (χ0) is 15.0. The molecule has 3 aromatic rings. The summed E-state index contributed by atoms with van der Waals surface area (Å²) in [5.74, 6) is 0.515. The predicted octanol–water partition coefficient (Wildman–Crippen LogP) is 4.49. The van der Waals surface area contributed by atoms with Gasteiger partial charge in [0.1, 0.15) is 11.6 Å². The van der Waals surface area contributed by atoms with Crippen LogP contribution in [-0.4, -0.2) is 9.55 Å². The van der Waals surface area contributed by atoms with Gasteiger partial charge < -0.3 is 10.3 Å². The molecule has 2 aromatic carbocycles. The van der Waals surface area contributed by atoms with Crippen LogP contribution in [0, 0.1) is 5.82 Å². The summed E-state index contributed by atoms with van der Waals surface area (Å²) in [6, 6.07) is 10.1. The number of rotatable bonds is 3. The van der Waals surface area contributed by atoms with Gasteiger partial charge in [0.25, 0.3) is 0 Å². The first-order valence-electron chi connectivity index (χ1n) is 6.81. The number of nitrogens with two attached hydrogens (primary N) is 1. The van der Waals surface area contributed by atoms with Gasteiger partial charge in [-0.05, 0) is 42.8 Å². The number of benzene rings is 2. The SMILES string of the molecule is CCCn1c(-c2ccc(N)c(Cl)c2)nc2ccc(F)cc21. The van der Waals surface area contributed by atoms with Gasteiger partial charge in [-0.3, -0.25) is 0 Å². The van der Waals surface area contributed by atoms with E-state index in [4.69, 9.17) is 17.3 Å². The lowest BCUT2D eigenvalue weighted by Crippen LogP contribution is -2.00. The highest BCUT2D eigenvalue weighted by Gasteiger charge is 2.13. The van der Waals surface area contributed by atoms with Crippen molar-refractivity contribution in [3.8, 4) is 11.4 Å². The Labute approximate surface area is 127 Å². The zero-order valence-electron chi connectivity index (χ0n) is 11.6. The molecule has 0 spiro atoms. The Morgan fingerprint density at radius 1 is 1.24 bits per heavy atom. The quantitative estimate of drug-likeness (QED) is 0.725. The van der Waals surface area contributed by atoms with E-state index in [1.54, 1.807) is 18.2 Å². The normalized spacial score (nSPS) is 11.2. The van der Waals surface area contributed by atoms with E-state index in [-0.39, 0.29) is 5.82 Å². The Morgan fingerprint density at radius 3 is 2.76 bits per heavy atom. The van der Waals surface area contributed by atoms with Crippen LogP contribution in [0.4, 0.5) is 10.1 Å². The molecule has 0 fully saturated rings. The molecular formula is C16H15ClFN3. The van der Waals surface area contributed by atoms with E-state index in [2.05, 4.69) is 11.9 Å². The maximum Gasteiger partial charge on any atom is 0.141 e. The molecule has 1 aromatic heterocycles. The van der Waals surface area contributed by atoms with Crippen molar-refractivity contribution in [3.63, 3.8) is 0 Å². The van der Waals surface area contributed by atoms with Crippen molar-refractivity contribution in [1.29, 1.82) is 0 Å². The number of halogens is 2. The minimum Gasteiger partial charge on any atom is -0.398 e. The summed E-state index contributed by atoms with van der Waals surface area (Å²) in [7, 11) is 0. The fourth-order valence-corrected chi connectivity index (χ4v) is 2.61. The molecule has 108 valence electrons. The van der Waals surface area contributed by atoms with Crippen molar-refractivity contribution >= 4 is 28.3 Å². The van der Waals surface area contributed by atoms with Crippen LogP contribution in [0.5, 0.6) is 0 Å². The van der Waals surface area contributed by atoms with Crippen LogP contribution >= 0.6 is 11.6 Å². The molecule has 5 heteroatoms. The summed E-state index contributed by atoms with van der Waals surface area (Å²) >= 11 is 6.10. The highest BCUT2D eigenvalue weighted by atomic mass is 35.5. The van der Waals surface area contributed by atoms with Gasteiger partial charge in [-0.25, -0.2) is 9.37 Å². The predicted molar refractivity (Wildman–Crippen MR) is 84.8 cm³/mol. The number of aryl methyl sites for hydroxylation is 1. The van der Waals surface area contributed by atoms with Crippen LogP contribution < -0.4 is 5.73 Å². The van der Waals surface area contributed by atoms with Crippen molar-refractivity contribution in [2.75, 3.05) is 5.73 Å². The summed E-state index contributed by atoms with van der Waals surface area (Å²) in [6.45, 7) is 2.84. The molecule has 1 heterocycles. The second-order valence-corrected chi connectivity index (χ2v) is 5.36. The van der Waals surface area contributed by atoms with Gasteiger partial charge in [0, 0.05) is 12.1 Å². The van der Waals surface area contributed by atoms with E-state index in [0.717, 1.165) is 35.4 Å². The number of aromatic nitrogens is 2. The van der Waals surface area contributed by atoms with E-state index in [9.17, 15) is 4.39 Å². The Hall–Kier alpha value is -2.07. The minimum atomic E-state index is -0.262. The minimum absolute atomic E-state index is 0.262. The first kappa shape index (κ1) is 13.9. The monoisotopic (exact) mass is 303 g/mol. The van der Waals surface area contributed by atoms with Gasteiger partial charge in [0.15, 0.2) is 0 Å². The van der Waals surface area contributed by atoms with Gasteiger partial charge >= 0.3 is 0 Å². The lowest BCUT2D eigenvalue weighted by molar-refractivity contribution is 0.627. The fraction of sp³-hybridized carbons (Fsp3) is 0.188. The molecule has 0 aliphatic heterocycles. The average Bonchev–Trinajstić information content (AvgIpc) is 2.81. The van der Waals surface area contributed by atoms with Gasteiger partial charge in [-0.2, -0.15) is 0 Å². The second-order valence-electron chi connectivity index (χ2n) is 4.96.